The van der Waals surface area contributed by atoms with E-state index >= 15 is 0 Å². The van der Waals surface area contributed by atoms with Crippen molar-refractivity contribution in [3.63, 3.8) is 0 Å². The number of thiocarbonyl (C=S) groups is 2. The molecule has 0 saturated heterocycles. The summed E-state index contributed by atoms with van der Waals surface area (Å²) in [6.07, 6.45) is 0. The molecule has 154 valence electrons. The Bertz CT molecular complexity index is 879. The lowest BCUT2D eigenvalue weighted by Crippen LogP contribution is -2.31. The highest BCUT2D eigenvalue weighted by Crippen LogP contribution is 2.16. The first-order valence-electron chi connectivity index (χ1n) is 9.86. The molecule has 0 aromatic heterocycles. The lowest BCUT2D eigenvalue weighted by Gasteiger charge is -2.18. The fraction of sp³-hybridized carbons (Fsp3) is 0.167. The number of anilines is 2. The van der Waals surface area contributed by atoms with Gasteiger partial charge in [0.05, 0.1) is 12.1 Å². The molecule has 2 atom stereocenters. The van der Waals surface area contributed by atoms with Crippen LogP contribution in [-0.4, -0.2) is 10.2 Å². The second kappa shape index (κ2) is 10.7. The summed E-state index contributed by atoms with van der Waals surface area (Å²) in [6, 6.07) is 28.5. The SMILES string of the molecule is C[C@H](NC(=S)Nc1ccc(NC(=S)N[C@H](C)c2ccccc2)cc1)c1ccccc1. The Morgan fingerprint density at radius 1 is 0.567 bits per heavy atom. The van der Waals surface area contributed by atoms with E-state index in [1.807, 2.05) is 60.7 Å². The molecule has 3 aromatic carbocycles. The van der Waals surface area contributed by atoms with Crippen molar-refractivity contribution in [2.45, 2.75) is 25.9 Å². The molecular formula is C24H26N4S2. The van der Waals surface area contributed by atoms with Crippen LogP contribution in [0.3, 0.4) is 0 Å². The van der Waals surface area contributed by atoms with Gasteiger partial charge in [-0.1, -0.05) is 60.7 Å². The molecule has 4 nitrogen and oxygen atoms in total. The van der Waals surface area contributed by atoms with Crippen LogP contribution in [-0.2, 0) is 0 Å². The van der Waals surface area contributed by atoms with E-state index in [0.717, 1.165) is 11.4 Å². The average molecular weight is 435 g/mol. The molecule has 3 rings (SSSR count). The molecule has 0 aliphatic carbocycles. The maximum Gasteiger partial charge on any atom is 0.171 e. The van der Waals surface area contributed by atoms with Crippen LogP contribution in [0.15, 0.2) is 84.9 Å². The summed E-state index contributed by atoms with van der Waals surface area (Å²) in [6.45, 7) is 4.17. The molecular weight excluding hydrogens is 408 g/mol. The summed E-state index contributed by atoms with van der Waals surface area (Å²) in [5, 5.41) is 14.2. The fourth-order valence-corrected chi connectivity index (χ4v) is 3.60. The maximum atomic E-state index is 5.44. The number of rotatable bonds is 6. The molecule has 0 heterocycles. The van der Waals surface area contributed by atoms with Gasteiger partial charge in [-0.2, -0.15) is 0 Å². The highest BCUT2D eigenvalue weighted by Gasteiger charge is 2.08. The van der Waals surface area contributed by atoms with Crippen LogP contribution in [0.25, 0.3) is 0 Å². The van der Waals surface area contributed by atoms with Gasteiger partial charge in [0.15, 0.2) is 10.2 Å². The topological polar surface area (TPSA) is 48.1 Å². The minimum Gasteiger partial charge on any atom is -0.356 e. The first-order valence-corrected chi connectivity index (χ1v) is 10.7. The maximum absolute atomic E-state index is 5.44. The van der Waals surface area contributed by atoms with Crippen molar-refractivity contribution in [1.29, 1.82) is 0 Å². The van der Waals surface area contributed by atoms with Gasteiger partial charge in [0, 0.05) is 11.4 Å². The van der Waals surface area contributed by atoms with E-state index in [2.05, 4.69) is 59.4 Å². The summed E-state index contributed by atoms with van der Waals surface area (Å²) in [7, 11) is 0. The van der Waals surface area contributed by atoms with Crippen LogP contribution >= 0.6 is 24.4 Å². The monoisotopic (exact) mass is 434 g/mol. The minimum atomic E-state index is 0.127. The molecule has 3 aromatic rings. The molecule has 4 N–H and O–H groups in total. The van der Waals surface area contributed by atoms with Gasteiger partial charge >= 0.3 is 0 Å². The van der Waals surface area contributed by atoms with Gasteiger partial charge in [0.2, 0.25) is 0 Å². The molecule has 0 bridgehead atoms. The Kier molecular flexibility index (Phi) is 7.76. The third kappa shape index (κ3) is 6.54. The Morgan fingerprint density at radius 3 is 1.23 bits per heavy atom. The van der Waals surface area contributed by atoms with Crippen molar-refractivity contribution >= 4 is 46.0 Å². The van der Waals surface area contributed by atoms with Crippen molar-refractivity contribution in [2.75, 3.05) is 10.6 Å². The number of hydrogen-bond donors (Lipinski definition) is 4. The zero-order chi connectivity index (χ0) is 21.3. The molecule has 6 heteroatoms. The van der Waals surface area contributed by atoms with Crippen LogP contribution in [0.4, 0.5) is 11.4 Å². The first-order chi connectivity index (χ1) is 14.5. The molecule has 0 radical (unpaired) electrons. The molecule has 0 aliphatic heterocycles. The smallest absolute Gasteiger partial charge is 0.171 e. The van der Waals surface area contributed by atoms with Crippen LogP contribution in [0, 0.1) is 0 Å². The van der Waals surface area contributed by atoms with Crippen molar-refractivity contribution < 1.29 is 0 Å². The Balaban J connectivity index is 1.48. The van der Waals surface area contributed by atoms with Crippen LogP contribution in [0.1, 0.15) is 37.1 Å². The Labute approximate surface area is 189 Å². The number of hydrogen-bond acceptors (Lipinski definition) is 2. The lowest BCUT2D eigenvalue weighted by molar-refractivity contribution is 0.722. The molecule has 0 aliphatic rings. The van der Waals surface area contributed by atoms with E-state index in [-0.39, 0.29) is 12.1 Å². The van der Waals surface area contributed by atoms with Gasteiger partial charge in [0.1, 0.15) is 0 Å². The number of nitrogens with one attached hydrogen (secondary N) is 4. The van der Waals surface area contributed by atoms with E-state index in [0.29, 0.717) is 10.2 Å². The van der Waals surface area contributed by atoms with Gasteiger partial charge in [0.25, 0.3) is 0 Å². The van der Waals surface area contributed by atoms with Crippen LogP contribution in [0.5, 0.6) is 0 Å². The summed E-state index contributed by atoms with van der Waals surface area (Å²) >= 11 is 10.9. The van der Waals surface area contributed by atoms with Crippen LogP contribution in [0.2, 0.25) is 0 Å². The van der Waals surface area contributed by atoms with Gasteiger partial charge in [-0.25, -0.2) is 0 Å². The van der Waals surface area contributed by atoms with Crippen molar-refractivity contribution in [1.82, 2.24) is 10.6 Å². The predicted octanol–water partition coefficient (Wildman–Crippen LogP) is 5.78. The zero-order valence-corrected chi connectivity index (χ0v) is 18.7. The van der Waals surface area contributed by atoms with Gasteiger partial charge in [-0.15, -0.1) is 0 Å². The molecule has 0 amide bonds. The second-order valence-corrected chi connectivity index (χ2v) is 7.86. The minimum absolute atomic E-state index is 0.127. The lowest BCUT2D eigenvalue weighted by atomic mass is 10.1. The molecule has 0 saturated carbocycles. The van der Waals surface area contributed by atoms with Crippen molar-refractivity contribution in [3.8, 4) is 0 Å². The van der Waals surface area contributed by atoms with E-state index in [1.54, 1.807) is 0 Å². The van der Waals surface area contributed by atoms with E-state index in [1.165, 1.54) is 11.1 Å². The standard InChI is InChI=1S/C24H26N4S2/c1-17(19-9-5-3-6-10-19)25-23(29)27-21-13-15-22(16-14-21)28-24(30)26-18(2)20-11-7-4-8-12-20/h3-18H,1-2H3,(H2,25,27,29)(H2,26,28,30)/t17-,18+. The second-order valence-electron chi connectivity index (χ2n) is 7.04. The summed E-state index contributed by atoms with van der Waals surface area (Å²) in [4.78, 5) is 0. The summed E-state index contributed by atoms with van der Waals surface area (Å²) in [5.74, 6) is 0. The molecule has 0 unspecified atom stereocenters. The number of benzene rings is 3. The molecule has 0 fully saturated rings. The fourth-order valence-electron chi connectivity index (χ4n) is 3.01. The molecule has 0 spiro atoms. The largest absolute Gasteiger partial charge is 0.356 e. The van der Waals surface area contributed by atoms with Gasteiger partial charge in [-0.05, 0) is 73.7 Å². The highest BCUT2D eigenvalue weighted by atomic mass is 32.1. The van der Waals surface area contributed by atoms with Crippen molar-refractivity contribution in [3.05, 3.63) is 96.1 Å². The first kappa shape index (κ1) is 21.7. The van der Waals surface area contributed by atoms with E-state index in [4.69, 9.17) is 24.4 Å². The summed E-state index contributed by atoms with van der Waals surface area (Å²) in [5.41, 5.74) is 4.20. The van der Waals surface area contributed by atoms with Crippen molar-refractivity contribution in [2.24, 2.45) is 0 Å². The molecule has 30 heavy (non-hydrogen) atoms. The predicted molar refractivity (Wildman–Crippen MR) is 135 cm³/mol. The van der Waals surface area contributed by atoms with E-state index < -0.39 is 0 Å². The van der Waals surface area contributed by atoms with Gasteiger partial charge in [-0.3, -0.25) is 0 Å². The summed E-state index contributed by atoms with van der Waals surface area (Å²) < 4.78 is 0. The van der Waals surface area contributed by atoms with E-state index in [9.17, 15) is 0 Å². The third-order valence-corrected chi connectivity index (χ3v) is 5.13. The zero-order valence-electron chi connectivity index (χ0n) is 17.1. The van der Waals surface area contributed by atoms with Gasteiger partial charge < -0.3 is 21.3 Å². The third-order valence-electron chi connectivity index (χ3n) is 4.69. The Hall–Kier alpha value is -2.96. The normalized spacial score (nSPS) is 12.3. The quantitative estimate of drug-likeness (QED) is 0.369. The average Bonchev–Trinajstić information content (AvgIpc) is 2.76. The highest BCUT2D eigenvalue weighted by molar-refractivity contribution is 7.80. The van der Waals surface area contributed by atoms with Crippen LogP contribution < -0.4 is 21.3 Å². The Morgan fingerprint density at radius 2 is 0.900 bits per heavy atom.